The van der Waals surface area contributed by atoms with Crippen LogP contribution in [0, 0.1) is 5.92 Å². The molecule has 102 valence electrons. The molecule has 0 aliphatic carbocycles. The van der Waals surface area contributed by atoms with Crippen molar-refractivity contribution in [1.29, 1.82) is 0 Å². The number of hydrogen-bond acceptors (Lipinski definition) is 2. The summed E-state index contributed by atoms with van der Waals surface area (Å²) in [6.45, 7) is 7.72. The molecule has 0 amide bonds. The summed E-state index contributed by atoms with van der Waals surface area (Å²) in [6.07, 6.45) is 4.38. The number of fused-ring (bicyclic) bond motifs is 1. The van der Waals surface area contributed by atoms with Crippen molar-refractivity contribution >= 4 is 10.9 Å². The molecular formula is C17H24N2. The zero-order chi connectivity index (χ0) is 13.7. The minimum atomic E-state index is 0.557. The SMILES string of the molecule is CC(C)CCC(C)NCc1cccc2cccnc12. The molecule has 0 saturated heterocycles. The maximum Gasteiger partial charge on any atom is 0.0746 e. The van der Waals surface area contributed by atoms with Crippen molar-refractivity contribution in [3.05, 3.63) is 42.1 Å². The summed E-state index contributed by atoms with van der Waals surface area (Å²) in [7, 11) is 0. The summed E-state index contributed by atoms with van der Waals surface area (Å²) >= 11 is 0. The number of hydrogen-bond donors (Lipinski definition) is 1. The van der Waals surface area contributed by atoms with E-state index in [-0.39, 0.29) is 0 Å². The molecule has 1 aromatic heterocycles. The van der Waals surface area contributed by atoms with Crippen LogP contribution in [0.5, 0.6) is 0 Å². The van der Waals surface area contributed by atoms with E-state index in [1.165, 1.54) is 23.8 Å². The van der Waals surface area contributed by atoms with Crippen LogP contribution in [-0.2, 0) is 6.54 Å². The predicted molar refractivity (Wildman–Crippen MR) is 82.1 cm³/mol. The second-order valence-corrected chi connectivity index (χ2v) is 5.75. The van der Waals surface area contributed by atoms with Crippen LogP contribution in [0.2, 0.25) is 0 Å². The molecule has 1 N–H and O–H groups in total. The lowest BCUT2D eigenvalue weighted by atomic mass is 10.0. The fraction of sp³-hybridized carbons (Fsp3) is 0.471. The van der Waals surface area contributed by atoms with Crippen LogP contribution in [0.15, 0.2) is 36.5 Å². The first-order valence-electron chi connectivity index (χ1n) is 7.23. The summed E-state index contributed by atoms with van der Waals surface area (Å²) in [4.78, 5) is 4.49. The minimum absolute atomic E-state index is 0.557. The van der Waals surface area contributed by atoms with Gasteiger partial charge in [-0.25, -0.2) is 0 Å². The number of para-hydroxylation sites is 1. The molecule has 0 bridgehead atoms. The Bertz CT molecular complexity index is 514. The molecule has 2 aromatic rings. The van der Waals surface area contributed by atoms with Gasteiger partial charge in [0, 0.05) is 24.2 Å². The van der Waals surface area contributed by atoms with Crippen LogP contribution < -0.4 is 5.32 Å². The van der Waals surface area contributed by atoms with Crippen molar-refractivity contribution in [2.24, 2.45) is 5.92 Å². The Kier molecular flexibility index (Phi) is 4.92. The van der Waals surface area contributed by atoms with Gasteiger partial charge in [0.25, 0.3) is 0 Å². The van der Waals surface area contributed by atoms with Gasteiger partial charge in [-0.05, 0) is 37.3 Å². The summed E-state index contributed by atoms with van der Waals surface area (Å²) in [5.41, 5.74) is 2.41. The maximum absolute atomic E-state index is 4.49. The van der Waals surface area contributed by atoms with Crippen molar-refractivity contribution in [1.82, 2.24) is 10.3 Å². The third-order valence-corrected chi connectivity index (χ3v) is 3.53. The number of nitrogens with one attached hydrogen (secondary N) is 1. The topological polar surface area (TPSA) is 24.9 Å². The van der Waals surface area contributed by atoms with Crippen LogP contribution >= 0.6 is 0 Å². The van der Waals surface area contributed by atoms with Gasteiger partial charge in [-0.1, -0.05) is 38.1 Å². The van der Waals surface area contributed by atoms with Gasteiger partial charge in [-0.3, -0.25) is 4.98 Å². The van der Waals surface area contributed by atoms with Crippen LogP contribution in [0.1, 0.15) is 39.2 Å². The van der Waals surface area contributed by atoms with E-state index in [1.807, 2.05) is 12.3 Å². The van der Waals surface area contributed by atoms with Gasteiger partial charge in [0.2, 0.25) is 0 Å². The smallest absolute Gasteiger partial charge is 0.0746 e. The highest BCUT2D eigenvalue weighted by molar-refractivity contribution is 5.81. The lowest BCUT2D eigenvalue weighted by Crippen LogP contribution is -2.25. The van der Waals surface area contributed by atoms with E-state index in [1.54, 1.807) is 0 Å². The van der Waals surface area contributed by atoms with Gasteiger partial charge in [-0.15, -0.1) is 0 Å². The van der Waals surface area contributed by atoms with Crippen LogP contribution in [0.3, 0.4) is 0 Å². The zero-order valence-electron chi connectivity index (χ0n) is 12.2. The van der Waals surface area contributed by atoms with E-state index in [0.717, 1.165) is 18.0 Å². The lowest BCUT2D eigenvalue weighted by molar-refractivity contribution is 0.451. The van der Waals surface area contributed by atoms with E-state index in [9.17, 15) is 0 Å². The van der Waals surface area contributed by atoms with Gasteiger partial charge in [0.1, 0.15) is 0 Å². The Hall–Kier alpha value is -1.41. The highest BCUT2D eigenvalue weighted by Crippen LogP contribution is 2.16. The number of nitrogens with zero attached hydrogens (tertiary/aromatic N) is 1. The molecule has 1 unspecified atom stereocenters. The Labute approximate surface area is 116 Å². The standard InChI is InChI=1S/C17H24N2/c1-13(2)9-10-14(3)19-12-16-7-4-6-15-8-5-11-18-17(15)16/h4-8,11,13-14,19H,9-10,12H2,1-3H3. The first kappa shape index (κ1) is 14.0. The van der Waals surface area contributed by atoms with Crippen LogP contribution in [0.4, 0.5) is 0 Å². The lowest BCUT2D eigenvalue weighted by Gasteiger charge is -2.15. The third-order valence-electron chi connectivity index (χ3n) is 3.53. The molecule has 0 spiro atoms. The fourth-order valence-corrected chi connectivity index (χ4v) is 2.28. The van der Waals surface area contributed by atoms with E-state index >= 15 is 0 Å². The normalized spacial score (nSPS) is 13.1. The molecule has 0 aliphatic heterocycles. The number of benzene rings is 1. The van der Waals surface area contributed by atoms with Gasteiger partial charge in [0.15, 0.2) is 0 Å². The summed E-state index contributed by atoms with van der Waals surface area (Å²) < 4.78 is 0. The third kappa shape index (κ3) is 4.03. The largest absolute Gasteiger partial charge is 0.310 e. The van der Waals surface area contributed by atoms with E-state index in [4.69, 9.17) is 0 Å². The maximum atomic E-state index is 4.49. The number of rotatable bonds is 6. The fourth-order valence-electron chi connectivity index (χ4n) is 2.28. The quantitative estimate of drug-likeness (QED) is 0.840. The van der Waals surface area contributed by atoms with Gasteiger partial charge < -0.3 is 5.32 Å². The zero-order valence-corrected chi connectivity index (χ0v) is 12.2. The predicted octanol–water partition coefficient (Wildman–Crippen LogP) is 4.15. The van der Waals surface area contributed by atoms with Crippen LogP contribution in [0.25, 0.3) is 10.9 Å². The molecule has 1 heterocycles. The molecule has 2 nitrogen and oxygen atoms in total. The van der Waals surface area contributed by atoms with Crippen molar-refractivity contribution in [3.63, 3.8) is 0 Å². The van der Waals surface area contributed by atoms with Crippen molar-refractivity contribution in [2.75, 3.05) is 0 Å². The molecule has 1 atom stereocenters. The van der Waals surface area contributed by atoms with Crippen molar-refractivity contribution in [2.45, 2.75) is 46.2 Å². The highest BCUT2D eigenvalue weighted by atomic mass is 14.9. The molecule has 0 radical (unpaired) electrons. The molecule has 0 fully saturated rings. The molecule has 0 saturated carbocycles. The average molecular weight is 256 g/mol. The first-order chi connectivity index (χ1) is 9.16. The minimum Gasteiger partial charge on any atom is -0.310 e. The van der Waals surface area contributed by atoms with Gasteiger partial charge in [-0.2, -0.15) is 0 Å². The Balaban J connectivity index is 1.98. The van der Waals surface area contributed by atoms with Gasteiger partial charge in [0.05, 0.1) is 5.52 Å². The molecule has 0 aliphatic rings. The number of aromatic nitrogens is 1. The Morgan fingerprint density at radius 3 is 2.63 bits per heavy atom. The Morgan fingerprint density at radius 1 is 1.05 bits per heavy atom. The molecule has 2 rings (SSSR count). The molecule has 2 heteroatoms. The summed E-state index contributed by atoms with van der Waals surface area (Å²) in [5, 5.41) is 4.83. The van der Waals surface area contributed by atoms with Crippen molar-refractivity contribution < 1.29 is 0 Å². The first-order valence-corrected chi connectivity index (χ1v) is 7.23. The monoisotopic (exact) mass is 256 g/mol. The van der Waals surface area contributed by atoms with E-state index in [0.29, 0.717) is 6.04 Å². The van der Waals surface area contributed by atoms with E-state index < -0.39 is 0 Å². The van der Waals surface area contributed by atoms with Gasteiger partial charge >= 0.3 is 0 Å². The Morgan fingerprint density at radius 2 is 1.84 bits per heavy atom. The second kappa shape index (κ2) is 6.67. The number of pyridine rings is 1. The van der Waals surface area contributed by atoms with Crippen molar-refractivity contribution in [3.8, 4) is 0 Å². The summed E-state index contributed by atoms with van der Waals surface area (Å²) in [6, 6.07) is 11.1. The summed E-state index contributed by atoms with van der Waals surface area (Å²) in [5.74, 6) is 0.781. The average Bonchev–Trinajstić information content (AvgIpc) is 2.42. The second-order valence-electron chi connectivity index (χ2n) is 5.75. The van der Waals surface area contributed by atoms with E-state index in [2.05, 4.69) is 55.3 Å². The molecule has 1 aromatic carbocycles. The molecule has 19 heavy (non-hydrogen) atoms. The molecular weight excluding hydrogens is 232 g/mol. The highest BCUT2D eigenvalue weighted by Gasteiger charge is 2.05. The van der Waals surface area contributed by atoms with Crippen LogP contribution in [-0.4, -0.2) is 11.0 Å².